The van der Waals surface area contributed by atoms with Crippen LogP contribution in [0.4, 0.5) is 23.4 Å². The van der Waals surface area contributed by atoms with Crippen molar-refractivity contribution in [2.24, 2.45) is 40.9 Å². The van der Waals surface area contributed by atoms with Crippen molar-refractivity contribution < 1.29 is 27.5 Å². The molecular weight excluding hydrogens is 586 g/mol. The zero-order chi connectivity index (χ0) is 31.7. The van der Waals surface area contributed by atoms with Gasteiger partial charge in [0.2, 0.25) is 5.91 Å². The Kier molecular flexibility index (Phi) is 5.05. The standard InChI is InChI=1S/C34H35F4N5O2/c1-14(2)17-8-6-7-9-18(17)29-39-28-19(10-11-32(28,35)45)30(40-29)42(16(5)44)13-31-24-22-25-23(24)27(31)33(25,26(22)31)43-20(15(3)4)12-21(41-43)34(36,37)38/h6-9,12,14-15,22-27,45H,10-11,13H2,1-5H3/t22-,23+,24?,25?,26?,27?,31?,32?,33?. The summed E-state index contributed by atoms with van der Waals surface area (Å²) in [6.45, 7) is 9.74. The largest absolute Gasteiger partial charge is 0.435 e. The second-order valence-electron chi connectivity index (χ2n) is 15.0. The van der Waals surface area contributed by atoms with Gasteiger partial charge in [0.25, 0.3) is 5.85 Å². The number of benzene rings is 1. The molecule has 2 aromatic heterocycles. The number of amides is 1. The molecule has 11 heteroatoms. The van der Waals surface area contributed by atoms with Crippen molar-refractivity contribution in [1.82, 2.24) is 19.7 Å². The lowest BCUT2D eigenvalue weighted by atomic mass is 8.94. The average molecular weight is 622 g/mol. The SMILES string of the molecule is CC(=O)N(CC12C3[C@@H]4C5[C@H]3C1C5(n1nc(C(F)(F)F)cc1C(C)C)C42)c1nc(-c2ccccc2C(C)C)nc2c1CCC2(O)F. The van der Waals surface area contributed by atoms with Gasteiger partial charge in [-0.15, -0.1) is 0 Å². The second-order valence-corrected chi connectivity index (χ2v) is 15.0. The van der Waals surface area contributed by atoms with Gasteiger partial charge in [-0.25, -0.2) is 14.4 Å². The van der Waals surface area contributed by atoms with Crippen LogP contribution in [0.1, 0.15) is 81.1 Å². The molecule has 3 aromatic rings. The zero-order valence-corrected chi connectivity index (χ0v) is 25.7. The van der Waals surface area contributed by atoms with E-state index < -0.39 is 23.3 Å². The summed E-state index contributed by atoms with van der Waals surface area (Å²) in [7, 11) is 0. The second kappa shape index (κ2) is 8.14. The number of aliphatic hydroxyl groups is 1. The van der Waals surface area contributed by atoms with E-state index in [2.05, 4.69) is 10.1 Å². The number of halogens is 4. The molecule has 1 aromatic carbocycles. The molecule has 7 aliphatic rings. The van der Waals surface area contributed by atoms with E-state index in [1.165, 1.54) is 13.0 Å². The van der Waals surface area contributed by atoms with Crippen LogP contribution in [0, 0.1) is 40.9 Å². The van der Waals surface area contributed by atoms with E-state index in [-0.39, 0.29) is 59.4 Å². The quantitative estimate of drug-likeness (QED) is 0.319. The average Bonchev–Trinajstić information content (AvgIpc) is 3.57. The molecule has 45 heavy (non-hydrogen) atoms. The number of aromatic nitrogens is 4. The van der Waals surface area contributed by atoms with Gasteiger partial charge < -0.3 is 5.11 Å². The lowest BCUT2D eigenvalue weighted by Crippen LogP contribution is -3.13. The van der Waals surface area contributed by atoms with Gasteiger partial charge in [-0.05, 0) is 65.4 Å². The van der Waals surface area contributed by atoms with Crippen LogP contribution in [0.5, 0.6) is 0 Å². The van der Waals surface area contributed by atoms with Crippen LogP contribution >= 0.6 is 0 Å². The minimum Gasteiger partial charge on any atom is -0.357 e. The zero-order valence-electron chi connectivity index (χ0n) is 25.7. The predicted octanol–water partition coefficient (Wildman–Crippen LogP) is 6.17. The molecule has 10 rings (SSSR count). The lowest BCUT2D eigenvalue weighted by Gasteiger charge is -3.11. The first-order valence-corrected chi connectivity index (χ1v) is 16.0. The molecule has 1 amide bonds. The maximum atomic E-state index is 15.5. The molecule has 0 bridgehead atoms. The molecule has 236 valence electrons. The minimum absolute atomic E-state index is 0.0871. The molecule has 0 aliphatic heterocycles. The Hall–Kier alpha value is -3.34. The summed E-state index contributed by atoms with van der Waals surface area (Å²) in [4.78, 5) is 24.6. The highest BCUT2D eigenvalue weighted by atomic mass is 19.4. The predicted molar refractivity (Wildman–Crippen MR) is 156 cm³/mol. The number of hydrogen-bond donors (Lipinski definition) is 1. The van der Waals surface area contributed by atoms with Gasteiger partial charge in [-0.1, -0.05) is 52.0 Å². The Balaban J connectivity index is 1.12. The van der Waals surface area contributed by atoms with Gasteiger partial charge in [0.1, 0.15) is 11.5 Å². The van der Waals surface area contributed by atoms with E-state index in [1.807, 2.05) is 52.0 Å². The van der Waals surface area contributed by atoms with Crippen LogP contribution in [0.3, 0.4) is 0 Å². The third-order valence-corrected chi connectivity index (χ3v) is 12.7. The monoisotopic (exact) mass is 621 g/mol. The van der Waals surface area contributed by atoms with Crippen molar-refractivity contribution in [3.8, 4) is 11.4 Å². The van der Waals surface area contributed by atoms with Gasteiger partial charge in [0, 0.05) is 42.1 Å². The summed E-state index contributed by atoms with van der Waals surface area (Å²) >= 11 is 0. The summed E-state index contributed by atoms with van der Waals surface area (Å²) in [6, 6.07) is 8.84. The normalized spacial score (nSPS) is 37.3. The molecule has 7 nitrogen and oxygen atoms in total. The first-order chi connectivity index (χ1) is 21.2. The van der Waals surface area contributed by atoms with Crippen LogP contribution in [0.25, 0.3) is 11.4 Å². The number of hydrogen-bond acceptors (Lipinski definition) is 5. The summed E-state index contributed by atoms with van der Waals surface area (Å²) in [5.41, 5.74) is 1.19. The van der Waals surface area contributed by atoms with E-state index in [9.17, 15) is 23.1 Å². The Labute approximate surface area is 258 Å². The van der Waals surface area contributed by atoms with Crippen molar-refractivity contribution in [1.29, 1.82) is 0 Å². The first-order valence-electron chi connectivity index (χ1n) is 16.0. The van der Waals surface area contributed by atoms with Gasteiger partial charge in [0.15, 0.2) is 11.5 Å². The molecule has 0 spiro atoms. The highest BCUT2D eigenvalue weighted by Gasteiger charge is 3.11. The third kappa shape index (κ3) is 2.90. The highest BCUT2D eigenvalue weighted by Crippen LogP contribution is 3.09. The fraction of sp³-hybridized carbons (Fsp3) is 0.588. The van der Waals surface area contributed by atoms with Crippen molar-refractivity contribution in [2.45, 2.75) is 76.9 Å². The lowest BCUT2D eigenvalue weighted by molar-refractivity contribution is -0.645. The summed E-state index contributed by atoms with van der Waals surface area (Å²) in [6.07, 6.45) is -4.49. The fourth-order valence-electron chi connectivity index (χ4n) is 11.4. The molecule has 0 radical (unpaired) electrons. The molecule has 9 atom stereocenters. The molecule has 0 saturated heterocycles. The summed E-state index contributed by atoms with van der Waals surface area (Å²) in [5, 5.41) is 14.9. The van der Waals surface area contributed by atoms with Gasteiger partial charge in [-0.2, -0.15) is 18.3 Å². The Bertz CT molecular complexity index is 1810. The number of fused-ring (bicyclic) bond motifs is 1. The van der Waals surface area contributed by atoms with Crippen LogP contribution in [-0.4, -0.2) is 37.3 Å². The number of nitrogens with zero attached hydrogens (tertiary/aromatic N) is 5. The highest BCUT2D eigenvalue weighted by molar-refractivity contribution is 5.92. The number of alkyl halides is 4. The van der Waals surface area contributed by atoms with Crippen molar-refractivity contribution in [3.05, 3.63) is 58.5 Å². The van der Waals surface area contributed by atoms with E-state index in [1.54, 1.807) is 9.58 Å². The van der Waals surface area contributed by atoms with Crippen LogP contribution < -0.4 is 4.90 Å². The maximum Gasteiger partial charge on any atom is 0.435 e. The van der Waals surface area contributed by atoms with Crippen molar-refractivity contribution in [3.63, 3.8) is 0 Å². The van der Waals surface area contributed by atoms with Gasteiger partial charge in [-0.3, -0.25) is 14.4 Å². The first kappa shape index (κ1) is 27.9. The van der Waals surface area contributed by atoms with E-state index in [0.717, 1.165) is 11.1 Å². The fourth-order valence-corrected chi connectivity index (χ4v) is 11.4. The van der Waals surface area contributed by atoms with Gasteiger partial charge >= 0.3 is 6.18 Å². The van der Waals surface area contributed by atoms with Crippen LogP contribution in [0.2, 0.25) is 0 Å². The Morgan fingerprint density at radius 2 is 1.78 bits per heavy atom. The van der Waals surface area contributed by atoms with Gasteiger partial charge in [0.05, 0.1) is 5.54 Å². The van der Waals surface area contributed by atoms with Crippen molar-refractivity contribution in [2.75, 3.05) is 11.4 Å². The molecule has 7 aliphatic carbocycles. The van der Waals surface area contributed by atoms with Crippen LogP contribution in [-0.2, 0) is 28.8 Å². The number of carbonyl (C=O) groups excluding carboxylic acids is 1. The molecule has 2 heterocycles. The van der Waals surface area contributed by atoms with Crippen LogP contribution in [0.15, 0.2) is 30.3 Å². The topological polar surface area (TPSA) is 84.1 Å². The van der Waals surface area contributed by atoms with E-state index >= 15 is 4.39 Å². The molecule has 1 N–H and O–H groups in total. The summed E-state index contributed by atoms with van der Waals surface area (Å²) < 4.78 is 58.7. The number of carbonyl (C=O) groups is 1. The van der Waals surface area contributed by atoms with Crippen molar-refractivity contribution >= 4 is 11.7 Å². The molecular formula is C34H35F4N5O2. The summed E-state index contributed by atoms with van der Waals surface area (Å²) in [5.74, 6) is -0.275. The van der Waals surface area contributed by atoms with E-state index in [0.29, 0.717) is 47.3 Å². The smallest absolute Gasteiger partial charge is 0.357 e. The Morgan fingerprint density at radius 1 is 1.09 bits per heavy atom. The third-order valence-electron chi connectivity index (χ3n) is 12.7. The Morgan fingerprint density at radius 3 is 2.40 bits per heavy atom. The van der Waals surface area contributed by atoms with E-state index in [4.69, 9.17) is 4.98 Å². The minimum atomic E-state index is -4.52. The number of anilines is 1. The number of rotatable bonds is 7. The molecule has 7 unspecified atom stereocenters. The maximum absolute atomic E-state index is 15.5. The molecule has 6 saturated carbocycles. The molecule has 6 fully saturated rings.